The zero-order valence-electron chi connectivity index (χ0n) is 12.9. The van der Waals surface area contributed by atoms with E-state index in [2.05, 4.69) is 34.9 Å². The van der Waals surface area contributed by atoms with Gasteiger partial charge in [0, 0.05) is 13.1 Å². The van der Waals surface area contributed by atoms with Crippen molar-refractivity contribution < 1.29 is 9.53 Å². The molecule has 0 saturated carbocycles. The van der Waals surface area contributed by atoms with E-state index in [1.807, 2.05) is 0 Å². The van der Waals surface area contributed by atoms with Crippen LogP contribution in [0.25, 0.3) is 0 Å². The van der Waals surface area contributed by atoms with E-state index >= 15 is 0 Å². The monoisotopic (exact) mass is 289 g/mol. The topological polar surface area (TPSA) is 65.4 Å². The first-order valence-electron chi connectivity index (χ1n) is 7.19. The Balaban J connectivity index is 2.60. The predicted molar refractivity (Wildman–Crippen MR) is 81.9 cm³/mol. The fourth-order valence-electron chi connectivity index (χ4n) is 2.07. The summed E-state index contributed by atoms with van der Waals surface area (Å²) in [5.41, 5.74) is 1.34. The lowest BCUT2D eigenvalue weighted by molar-refractivity contribution is 0.0600. The smallest absolute Gasteiger partial charge is 0.337 e. The maximum atomic E-state index is 11.4. The number of nitrogens with one attached hydrogen (secondary N) is 1. The number of likely N-dealkylation sites (N-methyl/N-ethyl adjacent to an activating group) is 1. The highest BCUT2D eigenvalue weighted by molar-refractivity contribution is 5.89. The normalized spacial score (nSPS) is 12.0. The van der Waals surface area contributed by atoms with Gasteiger partial charge in [0.2, 0.25) is 0 Å². The van der Waals surface area contributed by atoms with Gasteiger partial charge in [-0.25, -0.2) is 4.79 Å². The third kappa shape index (κ3) is 5.18. The maximum absolute atomic E-state index is 11.4. The van der Waals surface area contributed by atoms with Crippen molar-refractivity contribution in [2.24, 2.45) is 0 Å². The van der Waals surface area contributed by atoms with Crippen molar-refractivity contribution in [3.05, 3.63) is 35.4 Å². The van der Waals surface area contributed by atoms with Gasteiger partial charge in [-0.15, -0.1) is 0 Å². The van der Waals surface area contributed by atoms with Crippen LogP contribution in [0.3, 0.4) is 0 Å². The summed E-state index contributed by atoms with van der Waals surface area (Å²) in [4.78, 5) is 13.7. The Labute approximate surface area is 126 Å². The average Bonchev–Trinajstić information content (AvgIpc) is 2.55. The quantitative estimate of drug-likeness (QED) is 0.741. The number of hydrogen-bond acceptors (Lipinski definition) is 5. The van der Waals surface area contributed by atoms with E-state index in [9.17, 15) is 10.1 Å². The summed E-state index contributed by atoms with van der Waals surface area (Å²) in [6, 6.07) is 8.80. The Morgan fingerprint density at radius 1 is 1.33 bits per heavy atom. The molecule has 21 heavy (non-hydrogen) atoms. The fourth-order valence-corrected chi connectivity index (χ4v) is 2.07. The van der Waals surface area contributed by atoms with Crippen molar-refractivity contribution in [3.8, 4) is 6.07 Å². The number of hydrogen-bond donors (Lipinski definition) is 1. The second-order valence-corrected chi connectivity index (χ2v) is 4.66. The zero-order valence-corrected chi connectivity index (χ0v) is 12.9. The van der Waals surface area contributed by atoms with Crippen molar-refractivity contribution in [3.63, 3.8) is 0 Å². The largest absolute Gasteiger partial charge is 0.465 e. The lowest BCUT2D eigenvalue weighted by Crippen LogP contribution is -2.33. The van der Waals surface area contributed by atoms with Crippen LogP contribution in [0.1, 0.15) is 35.8 Å². The summed E-state index contributed by atoms with van der Waals surface area (Å²) in [5, 5.41) is 12.5. The Morgan fingerprint density at radius 3 is 2.43 bits per heavy atom. The Bertz CT molecular complexity index is 475. The fraction of sp³-hybridized carbons (Fsp3) is 0.500. The lowest BCUT2D eigenvalue weighted by atomic mass is 10.1. The zero-order chi connectivity index (χ0) is 15.7. The minimum Gasteiger partial charge on any atom is -0.465 e. The van der Waals surface area contributed by atoms with Crippen molar-refractivity contribution in [1.82, 2.24) is 10.2 Å². The molecule has 114 valence electrons. The van der Waals surface area contributed by atoms with E-state index < -0.39 is 0 Å². The van der Waals surface area contributed by atoms with Gasteiger partial charge < -0.3 is 9.64 Å². The first-order valence-corrected chi connectivity index (χ1v) is 7.19. The van der Waals surface area contributed by atoms with Gasteiger partial charge in [-0.2, -0.15) is 5.26 Å². The van der Waals surface area contributed by atoms with Gasteiger partial charge in [-0.05, 0) is 30.8 Å². The molecule has 0 aromatic heterocycles. The van der Waals surface area contributed by atoms with Gasteiger partial charge in [0.15, 0.2) is 0 Å². The molecule has 0 aliphatic heterocycles. The van der Waals surface area contributed by atoms with Crippen LogP contribution in [0.15, 0.2) is 24.3 Å². The van der Waals surface area contributed by atoms with Crippen LogP contribution < -0.4 is 5.32 Å². The van der Waals surface area contributed by atoms with E-state index in [-0.39, 0.29) is 12.0 Å². The highest BCUT2D eigenvalue weighted by Crippen LogP contribution is 2.13. The summed E-state index contributed by atoms with van der Waals surface area (Å²) < 4.78 is 4.65. The minimum atomic E-state index is -0.371. The van der Waals surface area contributed by atoms with Crippen LogP contribution in [-0.2, 0) is 4.74 Å². The second-order valence-electron chi connectivity index (χ2n) is 4.66. The molecule has 5 nitrogen and oxygen atoms in total. The van der Waals surface area contributed by atoms with Crippen molar-refractivity contribution in [2.45, 2.75) is 19.9 Å². The molecule has 1 unspecified atom stereocenters. The maximum Gasteiger partial charge on any atom is 0.337 e. The van der Waals surface area contributed by atoms with Crippen molar-refractivity contribution >= 4 is 5.97 Å². The van der Waals surface area contributed by atoms with Crippen molar-refractivity contribution in [2.75, 3.05) is 33.3 Å². The molecule has 0 amide bonds. The third-order valence-electron chi connectivity index (χ3n) is 3.47. The van der Waals surface area contributed by atoms with Gasteiger partial charge in [0.05, 0.1) is 18.7 Å². The number of methoxy groups -OCH3 is 1. The number of benzene rings is 1. The van der Waals surface area contributed by atoms with E-state index in [4.69, 9.17) is 0 Å². The SMILES string of the molecule is CCN(CC)CCNC(C#N)c1ccc(C(=O)OC)cc1. The van der Waals surface area contributed by atoms with Crippen LogP contribution >= 0.6 is 0 Å². The number of rotatable bonds is 8. The molecule has 1 atom stereocenters. The van der Waals surface area contributed by atoms with E-state index in [1.165, 1.54) is 7.11 Å². The molecule has 1 rings (SSSR count). The molecule has 1 aromatic carbocycles. The van der Waals surface area contributed by atoms with Gasteiger partial charge in [0.1, 0.15) is 6.04 Å². The molecule has 1 aromatic rings. The molecule has 5 heteroatoms. The summed E-state index contributed by atoms with van der Waals surface area (Å²) in [5.74, 6) is -0.371. The number of esters is 1. The molecule has 0 heterocycles. The summed E-state index contributed by atoms with van der Waals surface area (Å²) in [7, 11) is 1.35. The summed E-state index contributed by atoms with van der Waals surface area (Å²) >= 11 is 0. The lowest BCUT2D eigenvalue weighted by Gasteiger charge is -2.19. The Morgan fingerprint density at radius 2 is 1.95 bits per heavy atom. The number of carbonyl (C=O) groups excluding carboxylic acids is 1. The Kier molecular flexibility index (Phi) is 7.44. The van der Waals surface area contributed by atoms with E-state index in [1.54, 1.807) is 24.3 Å². The molecule has 0 aliphatic carbocycles. The number of ether oxygens (including phenoxy) is 1. The minimum absolute atomic E-state index is 0.368. The number of nitrogens with zero attached hydrogens (tertiary/aromatic N) is 2. The highest BCUT2D eigenvalue weighted by atomic mass is 16.5. The van der Waals surface area contributed by atoms with Gasteiger partial charge in [-0.1, -0.05) is 26.0 Å². The molecular weight excluding hydrogens is 266 g/mol. The van der Waals surface area contributed by atoms with Gasteiger partial charge >= 0.3 is 5.97 Å². The molecule has 0 spiro atoms. The van der Waals surface area contributed by atoms with Crippen LogP contribution in [0.5, 0.6) is 0 Å². The highest BCUT2D eigenvalue weighted by Gasteiger charge is 2.11. The standard InChI is InChI=1S/C16H23N3O2/c1-4-19(5-2)11-10-18-15(12-17)13-6-8-14(9-7-13)16(20)21-3/h6-9,15,18H,4-5,10-11H2,1-3H3. The van der Waals surface area contributed by atoms with Gasteiger partial charge in [-0.3, -0.25) is 5.32 Å². The van der Waals surface area contributed by atoms with Crippen LogP contribution in [0.2, 0.25) is 0 Å². The van der Waals surface area contributed by atoms with Crippen LogP contribution in [0.4, 0.5) is 0 Å². The summed E-state index contributed by atoms with van der Waals surface area (Å²) in [6.07, 6.45) is 0. The third-order valence-corrected chi connectivity index (χ3v) is 3.47. The van der Waals surface area contributed by atoms with Crippen molar-refractivity contribution in [1.29, 1.82) is 5.26 Å². The first kappa shape index (κ1) is 17.2. The molecule has 1 N–H and O–H groups in total. The van der Waals surface area contributed by atoms with E-state index in [0.717, 1.165) is 31.7 Å². The van der Waals surface area contributed by atoms with Gasteiger partial charge in [0.25, 0.3) is 0 Å². The average molecular weight is 289 g/mol. The molecule has 0 radical (unpaired) electrons. The van der Waals surface area contributed by atoms with Crippen LogP contribution in [0, 0.1) is 11.3 Å². The predicted octanol–water partition coefficient (Wildman–Crippen LogP) is 1.97. The second kappa shape index (κ2) is 9.11. The molecule has 0 bridgehead atoms. The Hall–Kier alpha value is -1.90. The molecule has 0 aliphatic rings. The van der Waals surface area contributed by atoms with E-state index in [0.29, 0.717) is 5.56 Å². The first-order chi connectivity index (χ1) is 10.2. The molecule has 0 fully saturated rings. The number of carbonyl (C=O) groups is 1. The number of nitriles is 1. The molecular formula is C16H23N3O2. The summed E-state index contributed by atoms with van der Waals surface area (Å²) in [6.45, 7) is 7.91. The molecule has 0 saturated heterocycles. The van der Waals surface area contributed by atoms with Crippen LogP contribution in [-0.4, -0.2) is 44.2 Å².